The summed E-state index contributed by atoms with van der Waals surface area (Å²) in [6.45, 7) is 0.899. The quantitative estimate of drug-likeness (QED) is 0.819. The Kier molecular flexibility index (Phi) is 4.48. The Balaban J connectivity index is 1.67. The summed E-state index contributed by atoms with van der Waals surface area (Å²) in [6, 6.07) is 5.23. The van der Waals surface area contributed by atoms with Crippen LogP contribution in [0.4, 0.5) is 4.39 Å². The van der Waals surface area contributed by atoms with Gasteiger partial charge in [0.1, 0.15) is 5.82 Å². The summed E-state index contributed by atoms with van der Waals surface area (Å²) in [5.41, 5.74) is 0.637. The normalized spacial score (nSPS) is 26.4. The summed E-state index contributed by atoms with van der Waals surface area (Å²) in [5, 5.41) is 0.523. The molecular formula is C17H21ClFNO. The van der Waals surface area contributed by atoms with Crippen molar-refractivity contribution in [3.8, 4) is 0 Å². The van der Waals surface area contributed by atoms with E-state index in [1.165, 1.54) is 6.07 Å². The van der Waals surface area contributed by atoms with Gasteiger partial charge in [-0.3, -0.25) is 4.79 Å². The van der Waals surface area contributed by atoms with Gasteiger partial charge in [-0.15, -0.1) is 0 Å². The summed E-state index contributed by atoms with van der Waals surface area (Å²) in [6.07, 6.45) is 6.65. The molecule has 3 rings (SSSR count). The maximum atomic E-state index is 13.9. The third-order valence-electron chi connectivity index (χ3n) is 4.86. The van der Waals surface area contributed by atoms with Gasteiger partial charge in [-0.25, -0.2) is 4.39 Å². The first-order chi connectivity index (χ1) is 10.1. The number of rotatable bonds is 3. The Morgan fingerprint density at radius 3 is 2.86 bits per heavy atom. The SMILES string of the molecule is O=C1CCCN1C1CCCC(Cc2c(F)cccc2Cl)C1. The molecule has 0 radical (unpaired) electrons. The van der Waals surface area contributed by atoms with Crippen molar-refractivity contribution in [3.05, 3.63) is 34.6 Å². The van der Waals surface area contributed by atoms with Gasteiger partial charge < -0.3 is 4.90 Å². The van der Waals surface area contributed by atoms with Crippen molar-refractivity contribution in [1.82, 2.24) is 4.90 Å². The van der Waals surface area contributed by atoms with Gasteiger partial charge in [0, 0.05) is 29.6 Å². The van der Waals surface area contributed by atoms with Gasteiger partial charge in [-0.2, -0.15) is 0 Å². The van der Waals surface area contributed by atoms with E-state index < -0.39 is 0 Å². The predicted octanol–water partition coefficient (Wildman–Crippen LogP) is 4.20. The lowest BCUT2D eigenvalue weighted by Crippen LogP contribution is -2.39. The maximum absolute atomic E-state index is 13.9. The van der Waals surface area contributed by atoms with Crippen molar-refractivity contribution in [2.75, 3.05) is 6.54 Å². The van der Waals surface area contributed by atoms with Crippen LogP contribution >= 0.6 is 11.6 Å². The predicted molar refractivity (Wildman–Crippen MR) is 81.8 cm³/mol. The minimum atomic E-state index is -0.207. The molecule has 2 nitrogen and oxygen atoms in total. The topological polar surface area (TPSA) is 20.3 Å². The first-order valence-electron chi connectivity index (χ1n) is 7.87. The summed E-state index contributed by atoms with van der Waals surface area (Å²) in [7, 11) is 0. The molecule has 1 saturated carbocycles. The zero-order valence-electron chi connectivity index (χ0n) is 12.2. The summed E-state index contributed by atoms with van der Waals surface area (Å²) < 4.78 is 13.9. The highest BCUT2D eigenvalue weighted by Gasteiger charge is 2.32. The second kappa shape index (κ2) is 6.35. The third kappa shape index (κ3) is 3.23. The number of likely N-dealkylation sites (tertiary alicyclic amines) is 1. The molecule has 2 unspecified atom stereocenters. The van der Waals surface area contributed by atoms with Crippen LogP contribution in [0, 0.1) is 11.7 Å². The van der Waals surface area contributed by atoms with E-state index in [1.807, 2.05) is 0 Å². The molecule has 1 aliphatic heterocycles. The van der Waals surface area contributed by atoms with Crippen molar-refractivity contribution in [3.63, 3.8) is 0 Å². The molecule has 1 amide bonds. The Morgan fingerprint density at radius 1 is 1.29 bits per heavy atom. The summed E-state index contributed by atoms with van der Waals surface area (Å²) in [5.74, 6) is 0.512. The second-order valence-electron chi connectivity index (χ2n) is 6.28. The molecule has 1 saturated heterocycles. The van der Waals surface area contributed by atoms with Crippen molar-refractivity contribution >= 4 is 17.5 Å². The van der Waals surface area contributed by atoms with E-state index in [0.29, 0.717) is 41.3 Å². The number of amides is 1. The number of nitrogens with zero attached hydrogens (tertiary/aromatic N) is 1. The first kappa shape index (κ1) is 14.8. The van der Waals surface area contributed by atoms with Gasteiger partial charge in [0.15, 0.2) is 0 Å². The van der Waals surface area contributed by atoms with Crippen molar-refractivity contribution < 1.29 is 9.18 Å². The van der Waals surface area contributed by atoms with Crippen LogP contribution in [0.1, 0.15) is 44.1 Å². The first-order valence-corrected chi connectivity index (χ1v) is 8.25. The number of benzene rings is 1. The van der Waals surface area contributed by atoms with Crippen molar-refractivity contribution in [2.45, 2.75) is 51.0 Å². The minimum absolute atomic E-state index is 0.207. The van der Waals surface area contributed by atoms with E-state index in [-0.39, 0.29) is 5.82 Å². The Morgan fingerprint density at radius 2 is 2.14 bits per heavy atom. The summed E-state index contributed by atoms with van der Waals surface area (Å²) in [4.78, 5) is 13.9. The molecule has 1 aromatic carbocycles. The Labute approximate surface area is 130 Å². The molecule has 2 fully saturated rings. The van der Waals surface area contributed by atoms with E-state index in [0.717, 1.165) is 38.6 Å². The molecule has 4 heteroatoms. The zero-order chi connectivity index (χ0) is 14.8. The minimum Gasteiger partial charge on any atom is -0.340 e. The van der Waals surface area contributed by atoms with Crippen LogP contribution in [0.3, 0.4) is 0 Å². The molecule has 1 aromatic rings. The van der Waals surface area contributed by atoms with Gasteiger partial charge in [0.2, 0.25) is 5.91 Å². The molecule has 1 heterocycles. The van der Waals surface area contributed by atoms with Crippen LogP contribution in [0.15, 0.2) is 18.2 Å². The van der Waals surface area contributed by atoms with Gasteiger partial charge in [0.05, 0.1) is 0 Å². The molecule has 1 aliphatic carbocycles. The number of hydrogen-bond donors (Lipinski definition) is 0. The van der Waals surface area contributed by atoms with Crippen LogP contribution in [-0.2, 0) is 11.2 Å². The molecular weight excluding hydrogens is 289 g/mol. The average molecular weight is 310 g/mol. The largest absolute Gasteiger partial charge is 0.340 e. The molecule has 2 atom stereocenters. The van der Waals surface area contributed by atoms with Gasteiger partial charge in [0.25, 0.3) is 0 Å². The molecule has 2 aliphatic rings. The van der Waals surface area contributed by atoms with Crippen LogP contribution in [0.2, 0.25) is 5.02 Å². The number of carbonyl (C=O) groups is 1. The van der Waals surface area contributed by atoms with Crippen LogP contribution < -0.4 is 0 Å². The van der Waals surface area contributed by atoms with Crippen LogP contribution in [0.5, 0.6) is 0 Å². The lowest BCUT2D eigenvalue weighted by atomic mass is 9.81. The van der Waals surface area contributed by atoms with Gasteiger partial charge >= 0.3 is 0 Å². The lowest BCUT2D eigenvalue weighted by Gasteiger charge is -2.35. The van der Waals surface area contributed by atoms with E-state index in [4.69, 9.17) is 11.6 Å². The van der Waals surface area contributed by atoms with E-state index in [2.05, 4.69) is 4.90 Å². The maximum Gasteiger partial charge on any atom is 0.222 e. The number of hydrogen-bond acceptors (Lipinski definition) is 1. The lowest BCUT2D eigenvalue weighted by molar-refractivity contribution is -0.130. The van der Waals surface area contributed by atoms with Crippen molar-refractivity contribution in [2.24, 2.45) is 5.92 Å². The fourth-order valence-electron chi connectivity index (χ4n) is 3.80. The van der Waals surface area contributed by atoms with Gasteiger partial charge in [-0.1, -0.05) is 24.1 Å². The molecule has 0 spiro atoms. The highest BCUT2D eigenvalue weighted by molar-refractivity contribution is 6.31. The van der Waals surface area contributed by atoms with Gasteiger partial charge in [-0.05, 0) is 50.2 Å². The average Bonchev–Trinajstić information content (AvgIpc) is 2.90. The smallest absolute Gasteiger partial charge is 0.222 e. The monoisotopic (exact) mass is 309 g/mol. The highest BCUT2D eigenvalue weighted by atomic mass is 35.5. The molecule has 0 bridgehead atoms. The summed E-state index contributed by atoms with van der Waals surface area (Å²) >= 11 is 6.13. The molecule has 0 aromatic heterocycles. The molecule has 21 heavy (non-hydrogen) atoms. The Hall–Kier alpha value is -1.09. The zero-order valence-corrected chi connectivity index (χ0v) is 12.9. The van der Waals surface area contributed by atoms with Crippen molar-refractivity contribution in [1.29, 1.82) is 0 Å². The standard InChI is InChI=1S/C17H21ClFNO/c18-15-6-2-7-16(19)14(15)11-12-4-1-5-13(10-12)20-9-3-8-17(20)21/h2,6-7,12-13H,1,3-5,8-11H2. The Bertz CT molecular complexity index is 513. The third-order valence-corrected chi connectivity index (χ3v) is 5.21. The van der Waals surface area contributed by atoms with E-state index >= 15 is 0 Å². The highest BCUT2D eigenvalue weighted by Crippen LogP contribution is 2.34. The van der Waals surface area contributed by atoms with E-state index in [9.17, 15) is 9.18 Å². The number of halogens is 2. The second-order valence-corrected chi connectivity index (χ2v) is 6.69. The fraction of sp³-hybridized carbons (Fsp3) is 0.588. The van der Waals surface area contributed by atoms with Crippen LogP contribution in [-0.4, -0.2) is 23.4 Å². The fourth-order valence-corrected chi connectivity index (χ4v) is 4.04. The molecule has 0 N–H and O–H groups in total. The van der Waals surface area contributed by atoms with E-state index in [1.54, 1.807) is 12.1 Å². The molecule has 114 valence electrons. The van der Waals surface area contributed by atoms with Crippen LogP contribution in [0.25, 0.3) is 0 Å². The number of carbonyl (C=O) groups excluding carboxylic acids is 1.